The van der Waals surface area contributed by atoms with Crippen LogP contribution >= 0.6 is 0 Å². The fourth-order valence-corrected chi connectivity index (χ4v) is 4.95. The third kappa shape index (κ3) is 3.67. The number of imidazole rings is 1. The summed E-state index contributed by atoms with van der Waals surface area (Å²) in [5, 5.41) is 0. The molecule has 1 aromatic heterocycles. The van der Waals surface area contributed by atoms with Crippen molar-refractivity contribution in [3.63, 3.8) is 0 Å². The van der Waals surface area contributed by atoms with Crippen molar-refractivity contribution in [1.29, 1.82) is 0 Å². The van der Waals surface area contributed by atoms with Gasteiger partial charge in [0.25, 0.3) is 0 Å². The standard InChI is InChI=1S/C20H32N4O2/c1-22-16-21-13-18(22)15-23-8-2-5-20(6-9-23)7-10-24(19(20)25)14-17-3-11-26-12-4-17/h13,16-17H,2-12,14-15H2,1H3. The number of carbonyl (C=O) groups is 1. The number of aryl methyl sites for hydroxylation is 1. The van der Waals surface area contributed by atoms with Gasteiger partial charge in [0, 0.05) is 46.1 Å². The van der Waals surface area contributed by atoms with E-state index in [1.807, 2.05) is 12.5 Å². The van der Waals surface area contributed by atoms with Crippen molar-refractivity contribution in [2.75, 3.05) is 39.4 Å². The van der Waals surface area contributed by atoms with Crippen molar-refractivity contribution in [3.8, 4) is 0 Å². The van der Waals surface area contributed by atoms with Gasteiger partial charge in [0.2, 0.25) is 5.91 Å². The molecule has 0 N–H and O–H groups in total. The van der Waals surface area contributed by atoms with Crippen LogP contribution in [-0.2, 0) is 23.1 Å². The molecule has 1 unspecified atom stereocenters. The number of hydrogen-bond acceptors (Lipinski definition) is 4. The van der Waals surface area contributed by atoms with Gasteiger partial charge >= 0.3 is 0 Å². The van der Waals surface area contributed by atoms with Gasteiger partial charge in [-0.05, 0) is 57.5 Å². The van der Waals surface area contributed by atoms with Crippen molar-refractivity contribution < 1.29 is 9.53 Å². The average molecular weight is 361 g/mol. The second-order valence-electron chi connectivity index (χ2n) is 8.46. The van der Waals surface area contributed by atoms with Gasteiger partial charge in [-0.2, -0.15) is 0 Å². The van der Waals surface area contributed by atoms with Gasteiger partial charge in [-0.15, -0.1) is 0 Å². The number of hydrogen-bond donors (Lipinski definition) is 0. The number of aromatic nitrogens is 2. The molecule has 1 aromatic rings. The Balaban J connectivity index is 1.35. The zero-order valence-corrected chi connectivity index (χ0v) is 16.0. The van der Waals surface area contributed by atoms with Crippen molar-refractivity contribution in [2.24, 2.45) is 18.4 Å². The Bertz CT molecular complexity index is 625. The number of rotatable bonds is 4. The molecule has 0 saturated carbocycles. The highest BCUT2D eigenvalue weighted by atomic mass is 16.5. The van der Waals surface area contributed by atoms with Crippen LogP contribution in [0.15, 0.2) is 12.5 Å². The lowest BCUT2D eigenvalue weighted by molar-refractivity contribution is -0.137. The van der Waals surface area contributed by atoms with E-state index >= 15 is 0 Å². The van der Waals surface area contributed by atoms with Crippen LogP contribution in [0.4, 0.5) is 0 Å². The van der Waals surface area contributed by atoms with Gasteiger partial charge in [-0.1, -0.05) is 0 Å². The van der Waals surface area contributed by atoms with Crippen LogP contribution in [0.3, 0.4) is 0 Å². The lowest BCUT2D eigenvalue weighted by atomic mass is 9.79. The molecule has 0 bridgehead atoms. The predicted octanol–water partition coefficient (Wildman–Crippen LogP) is 2.05. The molecule has 1 atom stereocenters. The smallest absolute Gasteiger partial charge is 0.228 e. The maximum Gasteiger partial charge on any atom is 0.228 e. The molecule has 0 aromatic carbocycles. The molecule has 1 spiro atoms. The first kappa shape index (κ1) is 18.0. The van der Waals surface area contributed by atoms with Crippen LogP contribution in [0.1, 0.15) is 44.2 Å². The van der Waals surface area contributed by atoms with Crippen molar-refractivity contribution >= 4 is 5.91 Å². The number of carbonyl (C=O) groups excluding carboxylic acids is 1. The summed E-state index contributed by atoms with van der Waals surface area (Å²) in [7, 11) is 2.05. The number of ether oxygens (including phenoxy) is 1. The first-order valence-electron chi connectivity index (χ1n) is 10.2. The highest BCUT2D eigenvalue weighted by molar-refractivity contribution is 5.84. The molecule has 3 aliphatic rings. The molecule has 3 fully saturated rings. The number of likely N-dealkylation sites (tertiary alicyclic amines) is 2. The average Bonchev–Trinajstić information content (AvgIpc) is 3.10. The largest absolute Gasteiger partial charge is 0.381 e. The van der Waals surface area contributed by atoms with Gasteiger partial charge in [0.1, 0.15) is 0 Å². The van der Waals surface area contributed by atoms with E-state index in [0.717, 1.165) is 84.5 Å². The topological polar surface area (TPSA) is 50.6 Å². The van der Waals surface area contributed by atoms with Gasteiger partial charge in [0.05, 0.1) is 17.4 Å². The van der Waals surface area contributed by atoms with Crippen LogP contribution < -0.4 is 0 Å². The minimum Gasteiger partial charge on any atom is -0.381 e. The van der Waals surface area contributed by atoms with E-state index in [4.69, 9.17) is 4.74 Å². The van der Waals surface area contributed by atoms with E-state index in [1.165, 1.54) is 5.69 Å². The maximum absolute atomic E-state index is 13.2. The lowest BCUT2D eigenvalue weighted by Gasteiger charge is -2.30. The van der Waals surface area contributed by atoms with Gasteiger partial charge in [-0.3, -0.25) is 9.69 Å². The van der Waals surface area contributed by atoms with Gasteiger partial charge in [0.15, 0.2) is 0 Å². The molecule has 3 saturated heterocycles. The van der Waals surface area contributed by atoms with Crippen LogP contribution in [0.5, 0.6) is 0 Å². The van der Waals surface area contributed by atoms with Gasteiger partial charge < -0.3 is 14.2 Å². The Morgan fingerprint density at radius 1 is 1.19 bits per heavy atom. The normalized spacial score (nSPS) is 28.8. The Morgan fingerprint density at radius 3 is 2.77 bits per heavy atom. The Morgan fingerprint density at radius 2 is 2.00 bits per heavy atom. The van der Waals surface area contributed by atoms with E-state index in [2.05, 4.69) is 26.4 Å². The van der Waals surface area contributed by atoms with Crippen molar-refractivity contribution in [3.05, 3.63) is 18.2 Å². The summed E-state index contributed by atoms with van der Waals surface area (Å²) in [4.78, 5) is 22.1. The monoisotopic (exact) mass is 360 g/mol. The molecule has 4 heterocycles. The molecular formula is C20H32N4O2. The van der Waals surface area contributed by atoms with E-state index in [-0.39, 0.29) is 5.41 Å². The first-order chi connectivity index (χ1) is 12.7. The molecule has 0 radical (unpaired) electrons. The maximum atomic E-state index is 13.2. The Labute approximate surface area is 156 Å². The summed E-state index contributed by atoms with van der Waals surface area (Å²) in [6.07, 6.45) is 10.3. The third-order valence-corrected chi connectivity index (χ3v) is 6.76. The molecule has 26 heavy (non-hydrogen) atoms. The lowest BCUT2D eigenvalue weighted by Crippen LogP contribution is -2.39. The minimum atomic E-state index is -0.0909. The van der Waals surface area contributed by atoms with Crippen molar-refractivity contribution in [2.45, 2.75) is 45.1 Å². The Hall–Kier alpha value is -1.40. The van der Waals surface area contributed by atoms with E-state index in [1.54, 1.807) is 0 Å². The molecule has 1 amide bonds. The highest BCUT2D eigenvalue weighted by Crippen LogP contribution is 2.42. The zero-order valence-electron chi connectivity index (χ0n) is 16.0. The summed E-state index contributed by atoms with van der Waals surface area (Å²) in [6.45, 7) is 6.66. The number of amides is 1. The summed E-state index contributed by atoms with van der Waals surface area (Å²) in [6, 6.07) is 0. The fourth-order valence-electron chi connectivity index (χ4n) is 4.95. The second-order valence-corrected chi connectivity index (χ2v) is 8.46. The molecule has 3 aliphatic heterocycles. The SMILES string of the molecule is Cn1cncc1CN1CCCC2(CC1)CCN(CC1CCOCC1)C2=O. The van der Waals surface area contributed by atoms with Crippen LogP contribution in [0, 0.1) is 11.3 Å². The second kappa shape index (κ2) is 7.69. The summed E-state index contributed by atoms with van der Waals surface area (Å²) >= 11 is 0. The zero-order chi connectivity index (χ0) is 18.0. The highest BCUT2D eigenvalue weighted by Gasteiger charge is 2.47. The molecular weight excluding hydrogens is 328 g/mol. The van der Waals surface area contributed by atoms with Crippen molar-refractivity contribution in [1.82, 2.24) is 19.4 Å². The van der Waals surface area contributed by atoms with Crippen LogP contribution in [0.2, 0.25) is 0 Å². The fraction of sp³-hybridized carbons (Fsp3) is 0.800. The van der Waals surface area contributed by atoms with E-state index < -0.39 is 0 Å². The first-order valence-corrected chi connectivity index (χ1v) is 10.2. The molecule has 4 rings (SSSR count). The van der Waals surface area contributed by atoms with E-state index in [0.29, 0.717) is 11.8 Å². The molecule has 144 valence electrons. The quantitative estimate of drug-likeness (QED) is 0.825. The molecule has 6 heteroatoms. The summed E-state index contributed by atoms with van der Waals surface area (Å²) in [5.74, 6) is 1.07. The number of nitrogens with zero attached hydrogens (tertiary/aromatic N) is 4. The minimum absolute atomic E-state index is 0.0909. The third-order valence-electron chi connectivity index (χ3n) is 6.76. The summed E-state index contributed by atoms with van der Waals surface area (Å²) < 4.78 is 7.56. The predicted molar refractivity (Wildman–Crippen MR) is 99.5 cm³/mol. The molecule has 6 nitrogen and oxygen atoms in total. The Kier molecular flexibility index (Phi) is 5.32. The summed E-state index contributed by atoms with van der Waals surface area (Å²) in [5.41, 5.74) is 1.16. The van der Waals surface area contributed by atoms with Crippen LogP contribution in [0.25, 0.3) is 0 Å². The molecule has 0 aliphatic carbocycles. The van der Waals surface area contributed by atoms with Crippen LogP contribution in [-0.4, -0.2) is 64.7 Å². The van der Waals surface area contributed by atoms with E-state index in [9.17, 15) is 4.79 Å². The van der Waals surface area contributed by atoms with Gasteiger partial charge in [-0.25, -0.2) is 4.98 Å².